The molecule has 1 aromatic rings. The lowest BCUT2D eigenvalue weighted by molar-refractivity contribution is -0.132. The summed E-state index contributed by atoms with van der Waals surface area (Å²) in [6.07, 6.45) is 0.727. The van der Waals surface area contributed by atoms with Gasteiger partial charge in [0, 0.05) is 23.4 Å². The van der Waals surface area contributed by atoms with Crippen molar-refractivity contribution in [3.63, 3.8) is 0 Å². The number of halogens is 1. The molecule has 0 N–H and O–H groups in total. The average molecular weight is 326 g/mol. The Balaban J connectivity index is 2.41. The van der Waals surface area contributed by atoms with Gasteiger partial charge in [-0.1, -0.05) is 13.8 Å². The second-order valence-corrected chi connectivity index (χ2v) is 6.31. The van der Waals surface area contributed by atoms with Gasteiger partial charge in [0.15, 0.2) is 0 Å². The van der Waals surface area contributed by atoms with Gasteiger partial charge in [-0.2, -0.15) is 0 Å². The van der Waals surface area contributed by atoms with Gasteiger partial charge in [0.25, 0.3) is 0 Å². The normalized spacial score (nSPS) is 18.6. The Kier molecular flexibility index (Phi) is 3.67. The molecule has 1 aliphatic heterocycles. The van der Waals surface area contributed by atoms with Crippen LogP contribution < -0.4 is 9.64 Å². The molecular formula is C14H16BrNO3. The molecule has 2 amide bonds. The van der Waals surface area contributed by atoms with Gasteiger partial charge in [0.2, 0.25) is 11.8 Å². The summed E-state index contributed by atoms with van der Waals surface area (Å²) >= 11 is 3.38. The summed E-state index contributed by atoms with van der Waals surface area (Å²) < 4.78 is 5.85. The van der Waals surface area contributed by atoms with Crippen LogP contribution in [0.15, 0.2) is 22.7 Å². The van der Waals surface area contributed by atoms with E-state index < -0.39 is 0 Å². The summed E-state index contributed by atoms with van der Waals surface area (Å²) in [4.78, 5) is 25.7. The Morgan fingerprint density at radius 2 is 1.79 bits per heavy atom. The van der Waals surface area contributed by atoms with Crippen molar-refractivity contribution in [2.24, 2.45) is 5.41 Å². The van der Waals surface area contributed by atoms with Gasteiger partial charge < -0.3 is 4.74 Å². The highest BCUT2D eigenvalue weighted by molar-refractivity contribution is 9.10. The Bertz CT molecular complexity index is 519. The molecule has 102 valence electrons. The maximum Gasteiger partial charge on any atom is 0.234 e. The van der Waals surface area contributed by atoms with Crippen LogP contribution in [-0.2, 0) is 9.59 Å². The first-order chi connectivity index (χ1) is 8.84. The van der Waals surface area contributed by atoms with Crippen molar-refractivity contribution in [1.29, 1.82) is 0 Å². The first-order valence-electron chi connectivity index (χ1n) is 6.03. The molecule has 1 aromatic carbocycles. The summed E-state index contributed by atoms with van der Waals surface area (Å²) in [5.41, 5.74) is 0.278. The van der Waals surface area contributed by atoms with Crippen molar-refractivity contribution in [1.82, 2.24) is 0 Å². The number of hydrogen-bond donors (Lipinski definition) is 0. The number of ether oxygens (including phenoxy) is 1. The number of imide groups is 1. The van der Waals surface area contributed by atoms with E-state index in [1.165, 1.54) is 4.90 Å². The van der Waals surface area contributed by atoms with Gasteiger partial charge in [0.1, 0.15) is 5.75 Å². The fraction of sp³-hybridized carbons (Fsp3) is 0.429. The Morgan fingerprint density at radius 3 is 2.32 bits per heavy atom. The first-order valence-corrected chi connectivity index (χ1v) is 6.83. The van der Waals surface area contributed by atoms with Crippen LogP contribution in [0, 0.1) is 5.41 Å². The van der Waals surface area contributed by atoms with Crippen molar-refractivity contribution >= 4 is 33.4 Å². The molecule has 0 bridgehead atoms. The number of methoxy groups -OCH3 is 1. The standard InChI is InChI=1S/C14H16BrNO3/c1-14(2)7-12(17)16(13(18)8-14)11-6-9(19-3)4-5-10(11)15/h4-6H,7-8H2,1-3H3. The van der Waals surface area contributed by atoms with Crippen molar-refractivity contribution in [3.8, 4) is 5.75 Å². The minimum absolute atomic E-state index is 0.171. The molecule has 1 aliphatic rings. The van der Waals surface area contributed by atoms with E-state index in [1.807, 2.05) is 13.8 Å². The number of hydrogen-bond acceptors (Lipinski definition) is 3. The summed E-state index contributed by atoms with van der Waals surface area (Å²) in [6, 6.07) is 5.24. The van der Waals surface area contributed by atoms with Crippen molar-refractivity contribution in [2.75, 3.05) is 12.0 Å². The number of anilines is 1. The first kappa shape index (κ1) is 14.1. The third kappa shape index (κ3) is 2.81. The predicted molar refractivity (Wildman–Crippen MR) is 76.2 cm³/mol. The van der Waals surface area contributed by atoms with Crippen LogP contribution >= 0.6 is 15.9 Å². The summed E-state index contributed by atoms with van der Waals surface area (Å²) in [5, 5.41) is 0. The molecular weight excluding hydrogens is 310 g/mol. The van der Waals surface area contributed by atoms with E-state index >= 15 is 0 Å². The summed E-state index contributed by atoms with van der Waals surface area (Å²) in [5.74, 6) is 0.272. The third-order valence-corrected chi connectivity index (χ3v) is 3.82. The molecule has 5 heteroatoms. The number of nitrogens with zero attached hydrogens (tertiary/aromatic N) is 1. The van der Waals surface area contributed by atoms with Crippen LogP contribution in [0.25, 0.3) is 0 Å². The summed E-state index contributed by atoms with van der Waals surface area (Å²) in [7, 11) is 1.55. The zero-order valence-electron chi connectivity index (χ0n) is 11.2. The van der Waals surface area contributed by atoms with Crippen LogP contribution in [0.4, 0.5) is 5.69 Å². The third-order valence-electron chi connectivity index (χ3n) is 3.15. The predicted octanol–water partition coefficient (Wildman–Crippen LogP) is 3.14. The molecule has 1 heterocycles. The number of amides is 2. The monoisotopic (exact) mass is 325 g/mol. The molecule has 2 rings (SSSR count). The lowest BCUT2D eigenvalue weighted by atomic mass is 9.81. The van der Waals surface area contributed by atoms with Crippen LogP contribution in [0.1, 0.15) is 26.7 Å². The second-order valence-electron chi connectivity index (χ2n) is 5.46. The molecule has 0 atom stereocenters. The van der Waals surface area contributed by atoms with Crippen molar-refractivity contribution in [3.05, 3.63) is 22.7 Å². The van der Waals surface area contributed by atoms with E-state index in [2.05, 4.69) is 15.9 Å². The fourth-order valence-corrected chi connectivity index (χ4v) is 2.66. The Labute approximate surface area is 120 Å². The van der Waals surface area contributed by atoms with Crippen LogP contribution in [0.3, 0.4) is 0 Å². The van der Waals surface area contributed by atoms with Gasteiger partial charge in [-0.05, 0) is 33.5 Å². The Morgan fingerprint density at radius 1 is 1.21 bits per heavy atom. The van der Waals surface area contributed by atoms with Gasteiger partial charge >= 0.3 is 0 Å². The highest BCUT2D eigenvalue weighted by Gasteiger charge is 2.38. The quantitative estimate of drug-likeness (QED) is 0.785. The van der Waals surface area contributed by atoms with Gasteiger partial charge in [-0.25, -0.2) is 4.90 Å². The van der Waals surface area contributed by atoms with Crippen LogP contribution in [0.2, 0.25) is 0 Å². The lowest BCUT2D eigenvalue weighted by Crippen LogP contribution is -2.46. The van der Waals surface area contributed by atoms with Gasteiger partial charge in [0.05, 0.1) is 12.8 Å². The maximum absolute atomic E-state index is 12.2. The second kappa shape index (κ2) is 4.96. The molecule has 0 aliphatic carbocycles. The summed E-state index contributed by atoms with van der Waals surface area (Å²) in [6.45, 7) is 3.86. The zero-order chi connectivity index (χ0) is 14.2. The molecule has 0 radical (unpaired) electrons. The van der Waals surface area contributed by atoms with E-state index in [4.69, 9.17) is 4.74 Å². The minimum Gasteiger partial charge on any atom is -0.497 e. The van der Waals surface area contributed by atoms with E-state index in [0.717, 1.165) is 0 Å². The molecule has 0 aromatic heterocycles. The smallest absolute Gasteiger partial charge is 0.234 e. The fourth-order valence-electron chi connectivity index (χ4n) is 2.24. The zero-order valence-corrected chi connectivity index (χ0v) is 12.8. The van der Waals surface area contributed by atoms with Gasteiger partial charge in [-0.3, -0.25) is 9.59 Å². The molecule has 19 heavy (non-hydrogen) atoms. The highest BCUT2D eigenvalue weighted by Crippen LogP contribution is 2.38. The molecule has 0 unspecified atom stereocenters. The number of carbonyl (C=O) groups is 2. The number of rotatable bonds is 2. The van der Waals surface area contributed by atoms with Gasteiger partial charge in [-0.15, -0.1) is 0 Å². The molecule has 0 spiro atoms. The topological polar surface area (TPSA) is 46.6 Å². The number of carbonyl (C=O) groups excluding carboxylic acids is 2. The minimum atomic E-state index is -0.268. The van der Waals surface area contributed by atoms with E-state index in [0.29, 0.717) is 28.8 Å². The lowest BCUT2D eigenvalue weighted by Gasteiger charge is -2.35. The molecule has 1 fully saturated rings. The van der Waals surface area contributed by atoms with Crippen LogP contribution in [0.5, 0.6) is 5.75 Å². The van der Waals surface area contributed by atoms with Crippen molar-refractivity contribution < 1.29 is 14.3 Å². The largest absolute Gasteiger partial charge is 0.497 e. The van der Waals surface area contributed by atoms with E-state index in [9.17, 15) is 9.59 Å². The highest BCUT2D eigenvalue weighted by atomic mass is 79.9. The van der Waals surface area contributed by atoms with E-state index in [1.54, 1.807) is 25.3 Å². The molecule has 0 saturated carbocycles. The molecule has 4 nitrogen and oxygen atoms in total. The van der Waals surface area contributed by atoms with Crippen LogP contribution in [-0.4, -0.2) is 18.9 Å². The number of benzene rings is 1. The Hall–Kier alpha value is -1.36. The average Bonchev–Trinajstić information content (AvgIpc) is 2.29. The SMILES string of the molecule is COc1ccc(Br)c(N2C(=O)CC(C)(C)CC2=O)c1. The maximum atomic E-state index is 12.2. The van der Waals surface area contributed by atoms with E-state index in [-0.39, 0.29) is 17.2 Å². The van der Waals surface area contributed by atoms with Crippen molar-refractivity contribution in [2.45, 2.75) is 26.7 Å². The number of piperidine rings is 1. The molecule has 1 saturated heterocycles.